The number of halogens is 1. The maximum absolute atomic E-state index is 11.6. The van der Waals surface area contributed by atoms with Crippen molar-refractivity contribution in [3.63, 3.8) is 0 Å². The zero-order valence-electron chi connectivity index (χ0n) is 9.77. The predicted octanol–water partition coefficient (Wildman–Crippen LogP) is 2.18. The van der Waals surface area contributed by atoms with Crippen LogP contribution in [0.15, 0.2) is 11.1 Å². The Kier molecular flexibility index (Phi) is 7.70. The van der Waals surface area contributed by atoms with Crippen LogP contribution in [0.5, 0.6) is 0 Å². The van der Waals surface area contributed by atoms with Gasteiger partial charge in [-0.3, -0.25) is 4.79 Å². The summed E-state index contributed by atoms with van der Waals surface area (Å²) in [5, 5.41) is 6.03. The van der Waals surface area contributed by atoms with E-state index < -0.39 is 0 Å². The van der Waals surface area contributed by atoms with Gasteiger partial charge in [-0.25, -0.2) is 0 Å². The summed E-state index contributed by atoms with van der Waals surface area (Å²) in [6.07, 6.45) is 2.10. The molecule has 0 aliphatic rings. The number of rotatable bonds is 7. The van der Waals surface area contributed by atoms with Crippen molar-refractivity contribution in [2.24, 2.45) is 0 Å². The van der Waals surface area contributed by atoms with E-state index in [9.17, 15) is 4.79 Å². The van der Waals surface area contributed by atoms with E-state index in [4.69, 9.17) is 0 Å². The summed E-state index contributed by atoms with van der Waals surface area (Å²) in [6, 6.07) is 0.0672. The number of carbonyl (C=O) groups excluding carboxylic acids is 1. The molecule has 0 aromatic rings. The van der Waals surface area contributed by atoms with E-state index in [1.54, 1.807) is 0 Å². The Morgan fingerprint density at radius 1 is 1.47 bits per heavy atom. The maximum Gasteiger partial charge on any atom is 0.237 e. The maximum atomic E-state index is 11.6. The number of amides is 1. The zero-order valence-corrected chi connectivity index (χ0v) is 11.4. The van der Waals surface area contributed by atoms with E-state index in [0.717, 1.165) is 17.3 Å². The molecule has 0 rings (SSSR count). The van der Waals surface area contributed by atoms with Gasteiger partial charge in [-0.1, -0.05) is 35.9 Å². The molecule has 0 aromatic heterocycles. The summed E-state index contributed by atoms with van der Waals surface area (Å²) in [5.41, 5.74) is 0. The third-order valence-corrected chi connectivity index (χ3v) is 2.38. The second kappa shape index (κ2) is 7.88. The summed E-state index contributed by atoms with van der Waals surface area (Å²) < 4.78 is 0.851. The van der Waals surface area contributed by atoms with Crippen LogP contribution in [0.3, 0.4) is 0 Å². The molecule has 0 fully saturated rings. The zero-order chi connectivity index (χ0) is 11.8. The van der Waals surface area contributed by atoms with E-state index in [2.05, 4.69) is 40.1 Å². The Balaban J connectivity index is 3.82. The first kappa shape index (κ1) is 14.6. The molecule has 0 radical (unpaired) electrons. The highest BCUT2D eigenvalue weighted by atomic mass is 79.9. The first-order chi connectivity index (χ1) is 6.97. The Bertz CT molecular complexity index is 219. The lowest BCUT2D eigenvalue weighted by Crippen LogP contribution is -2.45. The van der Waals surface area contributed by atoms with Crippen LogP contribution in [-0.4, -0.2) is 24.5 Å². The summed E-state index contributed by atoms with van der Waals surface area (Å²) in [4.78, 5) is 11.6. The molecule has 0 bridgehead atoms. The molecule has 88 valence electrons. The minimum Gasteiger partial charge on any atom is -0.352 e. The molecule has 1 amide bonds. The van der Waals surface area contributed by atoms with Gasteiger partial charge in [0.1, 0.15) is 0 Å². The van der Waals surface area contributed by atoms with Crippen LogP contribution in [0.4, 0.5) is 0 Å². The summed E-state index contributed by atoms with van der Waals surface area (Å²) in [6.45, 7) is 10.3. The van der Waals surface area contributed by atoms with Crippen LogP contribution in [0.1, 0.15) is 33.6 Å². The Morgan fingerprint density at radius 2 is 2.07 bits per heavy atom. The van der Waals surface area contributed by atoms with Gasteiger partial charge in [-0.15, -0.1) is 0 Å². The van der Waals surface area contributed by atoms with Gasteiger partial charge in [-0.2, -0.15) is 0 Å². The van der Waals surface area contributed by atoms with Gasteiger partial charge in [-0.05, 0) is 20.3 Å². The van der Waals surface area contributed by atoms with Crippen LogP contribution in [0.25, 0.3) is 0 Å². The smallest absolute Gasteiger partial charge is 0.237 e. The topological polar surface area (TPSA) is 41.1 Å². The highest BCUT2D eigenvalue weighted by Gasteiger charge is 2.13. The molecule has 0 aliphatic carbocycles. The van der Waals surface area contributed by atoms with Crippen LogP contribution in [0.2, 0.25) is 0 Å². The van der Waals surface area contributed by atoms with E-state index in [-0.39, 0.29) is 18.0 Å². The van der Waals surface area contributed by atoms with Crippen molar-refractivity contribution >= 4 is 21.8 Å². The molecule has 0 aromatic carbocycles. The first-order valence-electron chi connectivity index (χ1n) is 5.34. The Morgan fingerprint density at radius 3 is 2.53 bits per heavy atom. The first-order valence-corrected chi connectivity index (χ1v) is 6.13. The summed E-state index contributed by atoms with van der Waals surface area (Å²) in [5.74, 6) is 0.0460. The molecular weight excluding hydrogens is 256 g/mol. The third-order valence-electron chi connectivity index (χ3n) is 2.10. The number of hydrogen-bond acceptors (Lipinski definition) is 2. The fourth-order valence-electron chi connectivity index (χ4n) is 1.23. The predicted molar refractivity (Wildman–Crippen MR) is 68.0 cm³/mol. The van der Waals surface area contributed by atoms with Crippen molar-refractivity contribution in [3.8, 4) is 0 Å². The highest BCUT2D eigenvalue weighted by molar-refractivity contribution is 9.11. The number of carbonyl (C=O) groups is 1. The van der Waals surface area contributed by atoms with Gasteiger partial charge in [0.05, 0.1) is 6.04 Å². The van der Waals surface area contributed by atoms with Crippen molar-refractivity contribution in [3.05, 3.63) is 11.1 Å². The minimum absolute atomic E-state index is 0.0460. The van der Waals surface area contributed by atoms with E-state index in [1.165, 1.54) is 0 Å². The molecular formula is C11H21BrN2O. The lowest BCUT2D eigenvalue weighted by molar-refractivity contribution is -0.123. The molecule has 2 N–H and O–H groups in total. The highest BCUT2D eigenvalue weighted by Crippen LogP contribution is 1.99. The number of nitrogens with one attached hydrogen (secondary N) is 2. The second-order valence-electron chi connectivity index (χ2n) is 3.82. The monoisotopic (exact) mass is 276 g/mol. The molecule has 2 unspecified atom stereocenters. The molecule has 15 heavy (non-hydrogen) atoms. The van der Waals surface area contributed by atoms with E-state index in [0.29, 0.717) is 6.54 Å². The number of hydrogen-bond donors (Lipinski definition) is 2. The quantitative estimate of drug-likeness (QED) is 0.749. The van der Waals surface area contributed by atoms with E-state index in [1.807, 2.05) is 13.8 Å². The molecule has 4 heteroatoms. The molecule has 0 heterocycles. The standard InChI is InChI=1S/C11H21BrN2O/c1-5-6-9(3)14-11(15)10(4)13-7-8(2)12/h9-10,13H,2,5-7H2,1,3-4H3,(H,14,15). The van der Waals surface area contributed by atoms with Crippen LogP contribution < -0.4 is 10.6 Å². The summed E-state index contributed by atoms with van der Waals surface area (Å²) >= 11 is 3.24. The Hall–Kier alpha value is -0.350. The van der Waals surface area contributed by atoms with Crippen LogP contribution in [-0.2, 0) is 4.79 Å². The van der Waals surface area contributed by atoms with Crippen molar-refractivity contribution in [1.29, 1.82) is 0 Å². The summed E-state index contributed by atoms with van der Waals surface area (Å²) in [7, 11) is 0. The molecule has 0 saturated heterocycles. The molecule has 0 spiro atoms. The molecule has 0 saturated carbocycles. The van der Waals surface area contributed by atoms with Gasteiger partial charge in [0.25, 0.3) is 0 Å². The normalized spacial score (nSPS) is 14.4. The van der Waals surface area contributed by atoms with Crippen molar-refractivity contribution in [1.82, 2.24) is 10.6 Å². The lowest BCUT2D eigenvalue weighted by Gasteiger charge is -2.17. The van der Waals surface area contributed by atoms with Gasteiger partial charge in [0.2, 0.25) is 5.91 Å². The minimum atomic E-state index is -0.182. The average molecular weight is 277 g/mol. The van der Waals surface area contributed by atoms with Gasteiger partial charge in [0.15, 0.2) is 0 Å². The van der Waals surface area contributed by atoms with Crippen molar-refractivity contribution in [2.45, 2.75) is 45.7 Å². The second-order valence-corrected chi connectivity index (χ2v) is 4.94. The SMILES string of the molecule is C=C(Br)CNC(C)C(=O)NC(C)CCC. The third kappa shape index (κ3) is 7.56. The van der Waals surface area contributed by atoms with Crippen molar-refractivity contribution in [2.75, 3.05) is 6.54 Å². The molecule has 0 aliphatic heterocycles. The van der Waals surface area contributed by atoms with Crippen LogP contribution in [0, 0.1) is 0 Å². The van der Waals surface area contributed by atoms with Crippen LogP contribution >= 0.6 is 15.9 Å². The largest absolute Gasteiger partial charge is 0.352 e. The fourth-order valence-corrected chi connectivity index (χ4v) is 1.39. The Labute approximate surface area is 101 Å². The van der Waals surface area contributed by atoms with Gasteiger partial charge < -0.3 is 10.6 Å². The average Bonchev–Trinajstić information content (AvgIpc) is 2.14. The molecule has 2 atom stereocenters. The lowest BCUT2D eigenvalue weighted by atomic mass is 10.2. The van der Waals surface area contributed by atoms with Gasteiger partial charge in [0, 0.05) is 17.1 Å². The molecule has 3 nitrogen and oxygen atoms in total. The van der Waals surface area contributed by atoms with E-state index >= 15 is 0 Å². The van der Waals surface area contributed by atoms with Gasteiger partial charge >= 0.3 is 0 Å². The van der Waals surface area contributed by atoms with Crippen molar-refractivity contribution < 1.29 is 4.79 Å². The fraction of sp³-hybridized carbons (Fsp3) is 0.727.